The third kappa shape index (κ3) is 7.39. The van der Waals surface area contributed by atoms with Gasteiger partial charge < -0.3 is 15.0 Å². The monoisotopic (exact) mass is 436 g/mol. The van der Waals surface area contributed by atoms with Crippen molar-refractivity contribution >= 4 is 29.9 Å². The maximum Gasteiger partial charge on any atom is 0.193 e. The SMILES string of the molecule is CN=C(NCCC1=CCOCC1)N1CCN(CC(C)C)CC1.I. The molecule has 2 aliphatic heterocycles. The highest BCUT2D eigenvalue weighted by atomic mass is 127. The second kappa shape index (κ2) is 11.3. The van der Waals surface area contributed by atoms with E-state index in [1.807, 2.05) is 7.05 Å². The maximum atomic E-state index is 5.35. The number of nitrogens with zero attached hydrogens (tertiary/aromatic N) is 3. The molecule has 0 aliphatic carbocycles. The Morgan fingerprint density at radius 2 is 2.04 bits per heavy atom. The molecule has 0 aromatic heterocycles. The van der Waals surface area contributed by atoms with Crippen molar-refractivity contribution in [2.75, 3.05) is 59.5 Å². The standard InChI is InChI=1S/C17H32N4O.HI/c1-15(2)14-20-8-10-21(11-9-20)17(18-3)19-7-4-16-5-12-22-13-6-16;/h5,15H,4,6-14H2,1-3H3,(H,18,19);1H. The van der Waals surface area contributed by atoms with Crippen molar-refractivity contribution < 1.29 is 4.74 Å². The first-order chi connectivity index (χ1) is 10.7. The van der Waals surface area contributed by atoms with Gasteiger partial charge in [0.2, 0.25) is 0 Å². The molecule has 2 heterocycles. The molecule has 0 unspecified atom stereocenters. The van der Waals surface area contributed by atoms with E-state index in [-0.39, 0.29) is 24.0 Å². The number of ether oxygens (including phenoxy) is 1. The molecule has 1 saturated heterocycles. The predicted octanol–water partition coefficient (Wildman–Crippen LogP) is 2.19. The van der Waals surface area contributed by atoms with E-state index in [4.69, 9.17) is 4.74 Å². The van der Waals surface area contributed by atoms with Gasteiger partial charge in [-0.15, -0.1) is 24.0 Å². The Morgan fingerprint density at radius 1 is 1.30 bits per heavy atom. The van der Waals surface area contributed by atoms with Crippen molar-refractivity contribution in [3.63, 3.8) is 0 Å². The highest BCUT2D eigenvalue weighted by Crippen LogP contribution is 2.11. The van der Waals surface area contributed by atoms with Crippen molar-refractivity contribution in [2.24, 2.45) is 10.9 Å². The van der Waals surface area contributed by atoms with Gasteiger partial charge in [0, 0.05) is 46.3 Å². The summed E-state index contributed by atoms with van der Waals surface area (Å²) in [7, 11) is 1.89. The fraction of sp³-hybridized carbons (Fsp3) is 0.824. The first-order valence-corrected chi connectivity index (χ1v) is 8.62. The molecule has 23 heavy (non-hydrogen) atoms. The Balaban J connectivity index is 0.00000264. The molecule has 0 bridgehead atoms. The normalized spacial score (nSPS) is 20.3. The number of hydrogen-bond donors (Lipinski definition) is 1. The van der Waals surface area contributed by atoms with Crippen LogP contribution in [0.25, 0.3) is 0 Å². The summed E-state index contributed by atoms with van der Waals surface area (Å²) in [5.74, 6) is 1.80. The van der Waals surface area contributed by atoms with E-state index < -0.39 is 0 Å². The van der Waals surface area contributed by atoms with Crippen LogP contribution in [-0.2, 0) is 4.74 Å². The third-order valence-electron chi connectivity index (χ3n) is 4.29. The van der Waals surface area contributed by atoms with E-state index >= 15 is 0 Å². The number of hydrogen-bond acceptors (Lipinski definition) is 3. The van der Waals surface area contributed by atoms with Gasteiger partial charge in [0.25, 0.3) is 0 Å². The lowest BCUT2D eigenvalue weighted by molar-refractivity contribution is 0.153. The minimum atomic E-state index is 0. The van der Waals surface area contributed by atoms with E-state index in [1.165, 1.54) is 12.1 Å². The molecule has 0 radical (unpaired) electrons. The Kier molecular flexibility index (Phi) is 10.1. The lowest BCUT2D eigenvalue weighted by Crippen LogP contribution is -2.53. The van der Waals surface area contributed by atoms with Crippen molar-refractivity contribution in [1.82, 2.24) is 15.1 Å². The van der Waals surface area contributed by atoms with Crippen LogP contribution in [0.3, 0.4) is 0 Å². The van der Waals surface area contributed by atoms with Crippen LogP contribution >= 0.6 is 24.0 Å². The molecule has 2 aliphatic rings. The number of aliphatic imine (C=N–C) groups is 1. The van der Waals surface area contributed by atoms with Gasteiger partial charge in [0.1, 0.15) is 0 Å². The quantitative estimate of drug-likeness (QED) is 0.311. The van der Waals surface area contributed by atoms with E-state index in [9.17, 15) is 0 Å². The fourth-order valence-electron chi connectivity index (χ4n) is 3.12. The molecule has 1 N–H and O–H groups in total. The number of guanidine groups is 1. The van der Waals surface area contributed by atoms with Crippen molar-refractivity contribution in [1.29, 1.82) is 0 Å². The molecular formula is C17H33IN4O. The summed E-state index contributed by atoms with van der Waals surface area (Å²) >= 11 is 0. The molecule has 2 rings (SSSR count). The van der Waals surface area contributed by atoms with Crippen LogP contribution in [0.2, 0.25) is 0 Å². The smallest absolute Gasteiger partial charge is 0.193 e. The van der Waals surface area contributed by atoms with Crippen LogP contribution in [-0.4, -0.2) is 75.3 Å². The first-order valence-electron chi connectivity index (χ1n) is 8.62. The van der Waals surface area contributed by atoms with Crippen LogP contribution in [0.1, 0.15) is 26.7 Å². The molecule has 0 spiro atoms. The lowest BCUT2D eigenvalue weighted by Gasteiger charge is -2.37. The summed E-state index contributed by atoms with van der Waals surface area (Å²) in [6, 6.07) is 0. The van der Waals surface area contributed by atoms with E-state index in [0.717, 1.165) is 70.7 Å². The number of rotatable bonds is 5. The molecule has 0 amide bonds. The Hall–Kier alpha value is -0.340. The Labute approximate surface area is 158 Å². The minimum absolute atomic E-state index is 0. The van der Waals surface area contributed by atoms with Gasteiger partial charge in [-0.25, -0.2) is 0 Å². The largest absolute Gasteiger partial charge is 0.377 e. The highest BCUT2D eigenvalue weighted by molar-refractivity contribution is 14.0. The summed E-state index contributed by atoms with van der Waals surface area (Å²) in [6.07, 6.45) is 4.39. The fourth-order valence-corrected chi connectivity index (χ4v) is 3.12. The second-order valence-electron chi connectivity index (χ2n) is 6.59. The molecule has 1 fully saturated rings. The Morgan fingerprint density at radius 3 is 2.61 bits per heavy atom. The van der Waals surface area contributed by atoms with Gasteiger partial charge in [-0.1, -0.05) is 25.5 Å². The van der Waals surface area contributed by atoms with Crippen molar-refractivity contribution in [3.05, 3.63) is 11.6 Å². The summed E-state index contributed by atoms with van der Waals surface area (Å²) in [4.78, 5) is 9.39. The van der Waals surface area contributed by atoms with Gasteiger partial charge in [0.05, 0.1) is 13.2 Å². The topological polar surface area (TPSA) is 40.1 Å². The molecule has 134 valence electrons. The van der Waals surface area contributed by atoms with Crippen LogP contribution < -0.4 is 5.32 Å². The second-order valence-corrected chi connectivity index (χ2v) is 6.59. The molecule has 5 nitrogen and oxygen atoms in total. The molecule has 6 heteroatoms. The van der Waals surface area contributed by atoms with E-state index in [2.05, 4.69) is 40.0 Å². The first kappa shape index (κ1) is 20.7. The number of nitrogens with one attached hydrogen (secondary N) is 1. The minimum Gasteiger partial charge on any atom is -0.377 e. The molecule has 0 aromatic rings. The van der Waals surface area contributed by atoms with Gasteiger partial charge in [0.15, 0.2) is 5.96 Å². The highest BCUT2D eigenvalue weighted by Gasteiger charge is 2.19. The maximum absolute atomic E-state index is 5.35. The zero-order chi connectivity index (χ0) is 15.8. The van der Waals surface area contributed by atoms with Crippen LogP contribution in [0.5, 0.6) is 0 Å². The van der Waals surface area contributed by atoms with Gasteiger partial charge in [-0.3, -0.25) is 9.89 Å². The van der Waals surface area contributed by atoms with Crippen molar-refractivity contribution in [2.45, 2.75) is 26.7 Å². The average molecular weight is 436 g/mol. The molecule has 0 saturated carbocycles. The van der Waals surface area contributed by atoms with E-state index in [1.54, 1.807) is 0 Å². The average Bonchev–Trinajstić information content (AvgIpc) is 2.53. The van der Waals surface area contributed by atoms with Gasteiger partial charge >= 0.3 is 0 Å². The van der Waals surface area contributed by atoms with Crippen LogP contribution in [0, 0.1) is 5.92 Å². The number of piperazine rings is 1. The number of halogens is 1. The van der Waals surface area contributed by atoms with Crippen LogP contribution in [0.15, 0.2) is 16.6 Å². The van der Waals surface area contributed by atoms with Gasteiger partial charge in [-0.2, -0.15) is 0 Å². The molecule has 0 aromatic carbocycles. The Bertz CT molecular complexity index is 390. The van der Waals surface area contributed by atoms with Gasteiger partial charge in [-0.05, 0) is 18.8 Å². The summed E-state index contributed by atoms with van der Waals surface area (Å²) in [5.41, 5.74) is 1.51. The lowest BCUT2D eigenvalue weighted by atomic mass is 10.1. The zero-order valence-corrected chi connectivity index (χ0v) is 17.2. The zero-order valence-electron chi connectivity index (χ0n) is 14.9. The molecular weight excluding hydrogens is 403 g/mol. The summed E-state index contributed by atoms with van der Waals surface area (Å²) < 4.78 is 5.35. The third-order valence-corrected chi connectivity index (χ3v) is 4.29. The summed E-state index contributed by atoms with van der Waals surface area (Å²) in [6.45, 7) is 12.8. The predicted molar refractivity (Wildman–Crippen MR) is 108 cm³/mol. The van der Waals surface area contributed by atoms with E-state index in [0.29, 0.717) is 0 Å². The summed E-state index contributed by atoms with van der Waals surface area (Å²) in [5, 5.41) is 3.52. The van der Waals surface area contributed by atoms with Crippen molar-refractivity contribution in [3.8, 4) is 0 Å². The van der Waals surface area contributed by atoms with Crippen LogP contribution in [0.4, 0.5) is 0 Å². The molecule has 0 atom stereocenters.